The minimum atomic E-state index is -0.858. The van der Waals surface area contributed by atoms with Gasteiger partial charge in [-0.05, 0) is 36.2 Å². The predicted octanol–water partition coefficient (Wildman–Crippen LogP) is 1.77. The van der Waals surface area contributed by atoms with Crippen LogP contribution >= 0.6 is 15.9 Å². The van der Waals surface area contributed by atoms with Crippen LogP contribution in [0.2, 0.25) is 0 Å². The van der Waals surface area contributed by atoms with Crippen LogP contribution in [0.4, 0.5) is 11.6 Å². The Morgan fingerprint density at radius 2 is 1.91 bits per heavy atom. The summed E-state index contributed by atoms with van der Waals surface area (Å²) < 4.78 is 5.17. The number of carbonyl (C=O) groups is 2. The quantitative estimate of drug-likeness (QED) is 0.501. The molecule has 0 aromatic carbocycles. The number of carbonyl (C=O) groups excluding carboxylic acids is 2. The Bertz CT molecular complexity index is 646. The summed E-state index contributed by atoms with van der Waals surface area (Å²) >= 11 is 3.05. The van der Waals surface area contributed by atoms with E-state index in [2.05, 4.69) is 37.8 Å². The molecule has 0 fully saturated rings. The highest BCUT2D eigenvalue weighted by molar-refractivity contribution is 9.10. The van der Waals surface area contributed by atoms with E-state index in [-0.39, 0.29) is 45.6 Å². The maximum atomic E-state index is 12.0. The molecule has 1 aromatic heterocycles. The molecule has 9 heteroatoms. The molecule has 8 nitrogen and oxygen atoms in total. The first-order valence-electron chi connectivity index (χ1n) is 6.85. The molecule has 0 bridgehead atoms. The maximum absolute atomic E-state index is 12.0. The van der Waals surface area contributed by atoms with Gasteiger partial charge in [0.1, 0.15) is 10.4 Å². The number of hydrogen-bond acceptors (Lipinski definition) is 7. The zero-order valence-electron chi connectivity index (χ0n) is 13.3. The van der Waals surface area contributed by atoms with Gasteiger partial charge in [-0.25, -0.2) is 14.8 Å². The number of hydrogen-bond donors (Lipinski definition) is 3. The number of nitrogens with zero attached hydrogens (tertiary/aromatic N) is 2. The molecular weight excluding hydrogens is 366 g/mol. The molecule has 0 unspecified atom stereocenters. The molecule has 0 radical (unpaired) electrons. The van der Waals surface area contributed by atoms with E-state index in [4.69, 9.17) is 16.2 Å². The highest BCUT2D eigenvalue weighted by Crippen LogP contribution is 2.19. The van der Waals surface area contributed by atoms with E-state index < -0.39 is 5.97 Å². The van der Waals surface area contributed by atoms with Gasteiger partial charge in [-0.1, -0.05) is 13.5 Å². The van der Waals surface area contributed by atoms with E-state index >= 15 is 0 Å². The fourth-order valence-corrected chi connectivity index (χ4v) is 1.76. The summed E-state index contributed by atoms with van der Waals surface area (Å²) in [7, 11) is 0. The minimum Gasteiger partial charge on any atom is -0.426 e. The third-order valence-electron chi connectivity index (χ3n) is 3.05. The molecule has 1 amide bonds. The van der Waals surface area contributed by atoms with Gasteiger partial charge < -0.3 is 21.5 Å². The maximum Gasteiger partial charge on any atom is 0.365 e. The zero-order chi connectivity index (χ0) is 17.8. The van der Waals surface area contributed by atoms with Crippen LogP contribution in [-0.2, 0) is 9.53 Å². The van der Waals surface area contributed by atoms with Crippen molar-refractivity contribution in [2.24, 2.45) is 0 Å². The normalized spacial score (nSPS) is 11.0. The average Bonchev–Trinajstić information content (AvgIpc) is 2.41. The number of nitrogens with one attached hydrogen (secondary N) is 1. The van der Waals surface area contributed by atoms with E-state index in [1.54, 1.807) is 0 Å². The molecule has 1 aromatic rings. The molecular formula is C14H20BrN5O3. The molecule has 23 heavy (non-hydrogen) atoms. The van der Waals surface area contributed by atoms with E-state index in [0.29, 0.717) is 0 Å². The zero-order valence-corrected chi connectivity index (χ0v) is 14.9. The fraction of sp³-hybridized carbons (Fsp3) is 0.429. The van der Waals surface area contributed by atoms with E-state index in [9.17, 15) is 9.59 Å². The van der Waals surface area contributed by atoms with Crippen molar-refractivity contribution >= 4 is 39.4 Å². The van der Waals surface area contributed by atoms with Gasteiger partial charge in [0.25, 0.3) is 0 Å². The highest BCUT2D eigenvalue weighted by atomic mass is 79.9. The van der Waals surface area contributed by atoms with Crippen molar-refractivity contribution in [3.8, 4) is 0 Å². The summed E-state index contributed by atoms with van der Waals surface area (Å²) in [6.45, 7) is 9.29. The topological polar surface area (TPSA) is 133 Å². The Kier molecular flexibility index (Phi) is 6.08. The van der Waals surface area contributed by atoms with Crippen molar-refractivity contribution in [2.45, 2.75) is 39.2 Å². The fourth-order valence-electron chi connectivity index (χ4n) is 1.50. The number of anilines is 2. The van der Waals surface area contributed by atoms with Crippen molar-refractivity contribution in [1.82, 2.24) is 15.3 Å². The number of aromatic nitrogens is 2. The largest absolute Gasteiger partial charge is 0.426 e. The highest BCUT2D eigenvalue weighted by Gasteiger charge is 2.21. The van der Waals surface area contributed by atoms with Crippen molar-refractivity contribution in [2.75, 3.05) is 11.5 Å². The first-order valence-corrected chi connectivity index (χ1v) is 7.64. The smallest absolute Gasteiger partial charge is 0.365 e. The van der Waals surface area contributed by atoms with Crippen molar-refractivity contribution in [3.05, 3.63) is 22.6 Å². The van der Waals surface area contributed by atoms with Gasteiger partial charge in [0.05, 0.1) is 6.42 Å². The van der Waals surface area contributed by atoms with Crippen molar-refractivity contribution < 1.29 is 14.3 Å². The SMILES string of the molecule is C=C(CC(=O)NC(C)(C)CC)OC(=O)c1nc(Br)c(N)nc1N. The van der Waals surface area contributed by atoms with Gasteiger partial charge >= 0.3 is 5.97 Å². The lowest BCUT2D eigenvalue weighted by atomic mass is 10.0. The number of amides is 1. The van der Waals surface area contributed by atoms with Gasteiger partial charge in [0.15, 0.2) is 17.3 Å². The van der Waals surface area contributed by atoms with Crippen LogP contribution in [0, 0.1) is 0 Å². The standard InChI is InChI=1S/C14H20BrN5O3/c1-5-14(3,4)20-8(21)6-7(2)23-13(22)9-11(16)19-12(17)10(15)18-9/h2,5-6H2,1,3-4H3,(H,20,21)(H4,16,17,19). The molecule has 1 heterocycles. The monoisotopic (exact) mass is 385 g/mol. The molecule has 0 saturated heterocycles. The van der Waals surface area contributed by atoms with Gasteiger partial charge in [0, 0.05) is 5.54 Å². The Morgan fingerprint density at radius 3 is 2.48 bits per heavy atom. The number of rotatable bonds is 6. The Hall–Kier alpha value is -2.16. The van der Waals surface area contributed by atoms with Crippen LogP contribution in [0.3, 0.4) is 0 Å². The predicted molar refractivity (Wildman–Crippen MR) is 90.2 cm³/mol. The number of ether oxygens (including phenoxy) is 1. The number of nitrogen functional groups attached to an aromatic ring is 2. The second-order valence-electron chi connectivity index (χ2n) is 5.52. The first kappa shape index (κ1) is 18.9. The third kappa shape index (κ3) is 5.51. The molecule has 0 atom stereocenters. The Morgan fingerprint density at radius 1 is 1.30 bits per heavy atom. The Labute approximate surface area is 142 Å². The number of esters is 1. The molecule has 0 aliphatic carbocycles. The average molecular weight is 386 g/mol. The lowest BCUT2D eigenvalue weighted by Gasteiger charge is -2.24. The lowest BCUT2D eigenvalue weighted by Crippen LogP contribution is -2.42. The molecule has 0 aliphatic heterocycles. The Balaban J connectivity index is 2.69. The third-order valence-corrected chi connectivity index (χ3v) is 3.64. The summed E-state index contributed by atoms with van der Waals surface area (Å²) in [6, 6.07) is 0. The van der Waals surface area contributed by atoms with Gasteiger partial charge in [-0.3, -0.25) is 4.79 Å². The minimum absolute atomic E-state index is 0.0199. The van der Waals surface area contributed by atoms with Gasteiger partial charge in [0.2, 0.25) is 5.91 Å². The summed E-state index contributed by atoms with van der Waals surface area (Å²) in [6.07, 6.45) is 0.606. The molecule has 0 spiro atoms. The van der Waals surface area contributed by atoms with Gasteiger partial charge in [-0.15, -0.1) is 0 Å². The summed E-state index contributed by atoms with van der Waals surface area (Å²) in [5.74, 6) is -1.29. The first-order chi connectivity index (χ1) is 10.6. The number of halogens is 1. The van der Waals surface area contributed by atoms with Crippen LogP contribution < -0.4 is 16.8 Å². The molecule has 1 rings (SSSR count). The lowest BCUT2D eigenvalue weighted by molar-refractivity contribution is -0.122. The van der Waals surface area contributed by atoms with E-state index in [1.165, 1.54) is 0 Å². The van der Waals surface area contributed by atoms with E-state index in [0.717, 1.165) is 6.42 Å². The van der Waals surface area contributed by atoms with Crippen LogP contribution in [0.5, 0.6) is 0 Å². The van der Waals surface area contributed by atoms with Crippen LogP contribution in [0.25, 0.3) is 0 Å². The van der Waals surface area contributed by atoms with Crippen LogP contribution in [0.15, 0.2) is 16.9 Å². The second-order valence-corrected chi connectivity index (χ2v) is 6.28. The van der Waals surface area contributed by atoms with Crippen LogP contribution in [-0.4, -0.2) is 27.4 Å². The summed E-state index contributed by atoms with van der Waals surface area (Å²) in [5.41, 5.74) is 10.5. The second kappa shape index (κ2) is 7.40. The van der Waals surface area contributed by atoms with Crippen molar-refractivity contribution in [1.29, 1.82) is 0 Å². The summed E-state index contributed by atoms with van der Waals surface area (Å²) in [4.78, 5) is 31.5. The summed E-state index contributed by atoms with van der Waals surface area (Å²) in [5, 5.41) is 2.81. The van der Waals surface area contributed by atoms with Gasteiger partial charge in [-0.2, -0.15) is 0 Å². The molecule has 0 saturated carbocycles. The van der Waals surface area contributed by atoms with E-state index in [1.807, 2.05) is 20.8 Å². The molecule has 0 aliphatic rings. The number of nitrogens with two attached hydrogens (primary N) is 2. The molecule has 5 N–H and O–H groups in total. The van der Waals surface area contributed by atoms with Crippen LogP contribution in [0.1, 0.15) is 44.1 Å². The molecule has 126 valence electrons. The van der Waals surface area contributed by atoms with Crippen molar-refractivity contribution in [3.63, 3.8) is 0 Å².